The van der Waals surface area contributed by atoms with Crippen LogP contribution < -0.4 is 15.8 Å². The van der Waals surface area contributed by atoms with E-state index in [9.17, 15) is 14.7 Å². The number of carboxylic acids is 1. The Morgan fingerprint density at radius 1 is 1.32 bits per heavy atom. The highest BCUT2D eigenvalue weighted by molar-refractivity contribution is 7.11. The Labute approximate surface area is 148 Å². The second kappa shape index (κ2) is 8.25. The van der Waals surface area contributed by atoms with Crippen LogP contribution in [0.5, 0.6) is 0 Å². The van der Waals surface area contributed by atoms with E-state index >= 15 is 0 Å². The first-order chi connectivity index (χ1) is 11.9. The largest absolute Gasteiger partial charge is 0.545 e. The number of aromatic carboxylic acids is 1. The van der Waals surface area contributed by atoms with E-state index < -0.39 is 12.1 Å². The summed E-state index contributed by atoms with van der Waals surface area (Å²) in [6.45, 7) is 5.58. The van der Waals surface area contributed by atoms with Gasteiger partial charge in [-0.05, 0) is 50.0 Å². The average Bonchev–Trinajstić information content (AvgIpc) is 2.93. The molecule has 1 heterocycles. The monoisotopic (exact) mass is 361 g/mol. The summed E-state index contributed by atoms with van der Waals surface area (Å²) in [6, 6.07) is 6.01. The van der Waals surface area contributed by atoms with Crippen molar-refractivity contribution in [2.24, 2.45) is 5.10 Å². The molecule has 0 bridgehead atoms. The first-order valence-corrected chi connectivity index (χ1v) is 8.21. The number of nitrogens with zero attached hydrogens (tertiary/aromatic N) is 2. The minimum Gasteiger partial charge on any atom is -0.545 e. The smallest absolute Gasteiger partial charge is 0.412 e. The lowest BCUT2D eigenvalue weighted by atomic mass is 10.1. The van der Waals surface area contributed by atoms with Crippen LogP contribution in [-0.4, -0.2) is 28.8 Å². The predicted molar refractivity (Wildman–Crippen MR) is 94.1 cm³/mol. The third kappa shape index (κ3) is 4.77. The van der Waals surface area contributed by atoms with Gasteiger partial charge in [0.1, 0.15) is 5.00 Å². The Bertz CT molecular complexity index is 799. The summed E-state index contributed by atoms with van der Waals surface area (Å²) in [6.07, 6.45) is -0.550. The normalized spacial score (nSPS) is 11.1. The first kappa shape index (κ1) is 18.4. The standard InChI is InChI=1S/C16H18N4O4S/c1-4-24-16(23)17-14-13(10(3)20-25-14)9(2)18-19-12-7-5-11(6-8-12)15(21)22/h5-8,19H,4H2,1-3H3,(H,17,23)(H,21,22)/p-1/b18-9+. The number of hydrazone groups is 1. The fraction of sp³-hybridized carbons (Fsp3) is 0.250. The van der Waals surface area contributed by atoms with E-state index in [2.05, 4.69) is 20.2 Å². The van der Waals surface area contributed by atoms with Crippen LogP contribution in [0.2, 0.25) is 0 Å². The number of anilines is 2. The van der Waals surface area contributed by atoms with Crippen molar-refractivity contribution in [2.45, 2.75) is 20.8 Å². The Balaban J connectivity index is 2.15. The van der Waals surface area contributed by atoms with Crippen molar-refractivity contribution in [2.75, 3.05) is 17.3 Å². The summed E-state index contributed by atoms with van der Waals surface area (Å²) in [5.41, 5.74) is 5.59. The molecule has 0 fully saturated rings. The molecule has 0 atom stereocenters. The molecule has 0 saturated carbocycles. The topological polar surface area (TPSA) is 116 Å². The lowest BCUT2D eigenvalue weighted by molar-refractivity contribution is -0.255. The van der Waals surface area contributed by atoms with Gasteiger partial charge in [0.05, 0.1) is 35.2 Å². The van der Waals surface area contributed by atoms with Gasteiger partial charge in [0.2, 0.25) is 0 Å². The Hall–Kier alpha value is -2.94. The SMILES string of the molecule is CCOC(=O)Nc1snc(C)c1/C(C)=N/Nc1ccc(C(=O)[O-])cc1. The zero-order valence-electron chi connectivity index (χ0n) is 14.0. The number of aromatic nitrogens is 1. The van der Waals surface area contributed by atoms with E-state index in [4.69, 9.17) is 4.74 Å². The molecule has 132 valence electrons. The molecule has 1 amide bonds. The molecule has 2 rings (SSSR count). The van der Waals surface area contributed by atoms with Gasteiger partial charge in [0.25, 0.3) is 0 Å². The summed E-state index contributed by atoms with van der Waals surface area (Å²) in [4.78, 5) is 22.3. The molecule has 2 N–H and O–H groups in total. The Morgan fingerprint density at radius 3 is 2.60 bits per heavy atom. The van der Waals surface area contributed by atoms with Crippen molar-refractivity contribution >= 4 is 40.0 Å². The van der Waals surface area contributed by atoms with Crippen molar-refractivity contribution < 1.29 is 19.4 Å². The molecule has 2 aromatic rings. The molecule has 25 heavy (non-hydrogen) atoms. The van der Waals surface area contributed by atoms with E-state index in [0.717, 1.165) is 17.2 Å². The van der Waals surface area contributed by atoms with Crippen molar-refractivity contribution in [3.05, 3.63) is 41.1 Å². The number of amides is 1. The van der Waals surface area contributed by atoms with Crippen LogP contribution in [0.25, 0.3) is 0 Å². The number of aryl methyl sites for hydroxylation is 1. The van der Waals surface area contributed by atoms with Crippen LogP contribution in [0.15, 0.2) is 29.4 Å². The van der Waals surface area contributed by atoms with Crippen molar-refractivity contribution in [3.8, 4) is 0 Å². The maximum Gasteiger partial charge on any atom is 0.412 e. The van der Waals surface area contributed by atoms with E-state index in [-0.39, 0.29) is 12.2 Å². The molecule has 1 aromatic carbocycles. The molecular weight excluding hydrogens is 344 g/mol. The maximum absolute atomic E-state index is 11.6. The third-order valence-electron chi connectivity index (χ3n) is 3.19. The van der Waals surface area contributed by atoms with Gasteiger partial charge in [-0.25, -0.2) is 4.79 Å². The number of ether oxygens (including phenoxy) is 1. The Morgan fingerprint density at radius 2 is 2.00 bits per heavy atom. The van der Waals surface area contributed by atoms with Crippen LogP contribution in [0.1, 0.15) is 35.5 Å². The van der Waals surface area contributed by atoms with Gasteiger partial charge in [-0.3, -0.25) is 10.7 Å². The van der Waals surface area contributed by atoms with Gasteiger partial charge < -0.3 is 14.6 Å². The summed E-state index contributed by atoms with van der Waals surface area (Å²) < 4.78 is 9.10. The van der Waals surface area contributed by atoms with Crippen LogP contribution >= 0.6 is 11.5 Å². The zero-order chi connectivity index (χ0) is 18.4. The highest BCUT2D eigenvalue weighted by Gasteiger charge is 2.16. The number of rotatable bonds is 6. The molecular formula is C16H17N4O4S-. The van der Waals surface area contributed by atoms with Crippen LogP contribution in [0.4, 0.5) is 15.5 Å². The number of nitrogens with one attached hydrogen (secondary N) is 2. The molecule has 0 unspecified atom stereocenters. The molecule has 0 aliphatic carbocycles. The number of hydrogen-bond donors (Lipinski definition) is 2. The third-order valence-corrected chi connectivity index (χ3v) is 4.04. The minimum atomic E-state index is -1.24. The second-order valence-electron chi connectivity index (χ2n) is 4.99. The summed E-state index contributed by atoms with van der Waals surface area (Å²) >= 11 is 1.14. The molecule has 0 aliphatic rings. The summed E-state index contributed by atoms with van der Waals surface area (Å²) in [5.74, 6) is -1.24. The van der Waals surface area contributed by atoms with Gasteiger partial charge >= 0.3 is 6.09 Å². The van der Waals surface area contributed by atoms with Crippen molar-refractivity contribution in [3.63, 3.8) is 0 Å². The number of benzene rings is 1. The molecule has 0 saturated heterocycles. The van der Waals surface area contributed by atoms with Crippen LogP contribution in [0.3, 0.4) is 0 Å². The molecule has 0 radical (unpaired) electrons. The number of hydrogen-bond acceptors (Lipinski definition) is 8. The highest BCUT2D eigenvalue weighted by atomic mass is 32.1. The van der Waals surface area contributed by atoms with Gasteiger partial charge in [-0.1, -0.05) is 12.1 Å². The molecule has 9 heteroatoms. The maximum atomic E-state index is 11.6. The highest BCUT2D eigenvalue weighted by Crippen LogP contribution is 2.25. The second-order valence-corrected chi connectivity index (χ2v) is 5.76. The lowest BCUT2D eigenvalue weighted by Gasteiger charge is -2.08. The number of carboxylic acid groups (broad SMARTS) is 1. The van der Waals surface area contributed by atoms with Crippen LogP contribution in [-0.2, 0) is 4.74 Å². The van der Waals surface area contributed by atoms with Gasteiger partial charge in [-0.15, -0.1) is 0 Å². The molecule has 8 nitrogen and oxygen atoms in total. The van der Waals surface area contributed by atoms with Crippen molar-refractivity contribution in [1.29, 1.82) is 0 Å². The fourth-order valence-corrected chi connectivity index (χ4v) is 2.86. The summed E-state index contributed by atoms with van der Waals surface area (Å²) in [7, 11) is 0. The molecule has 1 aromatic heterocycles. The minimum absolute atomic E-state index is 0.0880. The Kier molecular flexibility index (Phi) is 6.07. The van der Waals surface area contributed by atoms with Gasteiger partial charge in [0.15, 0.2) is 0 Å². The molecule has 0 aliphatic heterocycles. The van der Waals surface area contributed by atoms with Crippen LogP contribution in [0, 0.1) is 6.92 Å². The first-order valence-electron chi connectivity index (χ1n) is 7.44. The van der Waals surface area contributed by atoms with Gasteiger partial charge in [-0.2, -0.15) is 9.47 Å². The van der Waals surface area contributed by atoms with E-state index in [0.29, 0.717) is 22.0 Å². The van der Waals surface area contributed by atoms with E-state index in [1.165, 1.54) is 12.1 Å². The number of carbonyl (C=O) groups excluding carboxylic acids is 2. The zero-order valence-corrected chi connectivity index (χ0v) is 14.8. The number of carbonyl (C=O) groups is 2. The predicted octanol–water partition coefficient (Wildman–Crippen LogP) is 2.22. The van der Waals surface area contributed by atoms with E-state index in [1.54, 1.807) is 26.0 Å². The fourth-order valence-electron chi connectivity index (χ4n) is 2.03. The summed E-state index contributed by atoms with van der Waals surface area (Å²) in [5, 5.41) is 18.2. The lowest BCUT2D eigenvalue weighted by Crippen LogP contribution is -2.21. The van der Waals surface area contributed by atoms with E-state index in [1.807, 2.05) is 6.92 Å². The van der Waals surface area contributed by atoms with Crippen molar-refractivity contribution in [1.82, 2.24) is 4.37 Å². The average molecular weight is 361 g/mol. The quantitative estimate of drug-likeness (QED) is 0.602. The van der Waals surface area contributed by atoms with Gasteiger partial charge in [0, 0.05) is 0 Å². The molecule has 0 spiro atoms.